The van der Waals surface area contributed by atoms with E-state index < -0.39 is 17.4 Å². The smallest absolute Gasteiger partial charge is 0.323 e. The molecule has 0 saturated heterocycles. The summed E-state index contributed by atoms with van der Waals surface area (Å²) in [6, 6.07) is -0.910. The van der Waals surface area contributed by atoms with Crippen molar-refractivity contribution in [3.05, 3.63) is 0 Å². The average Bonchev–Trinajstić information content (AvgIpc) is 1.60. The van der Waals surface area contributed by atoms with Gasteiger partial charge in [-0.25, -0.2) is 0 Å². The van der Waals surface area contributed by atoms with Gasteiger partial charge in [-0.05, 0) is 5.41 Å². The quantitative estimate of drug-likeness (QED) is 0.496. The number of carboxylic acids is 1. The van der Waals surface area contributed by atoms with Crippen LogP contribution in [0.3, 0.4) is 0 Å². The topological polar surface area (TPSA) is 69.6 Å². The highest BCUT2D eigenvalue weighted by Gasteiger charge is 2.30. The van der Waals surface area contributed by atoms with Crippen molar-refractivity contribution in [1.29, 1.82) is 0 Å². The van der Waals surface area contributed by atoms with Crippen LogP contribution in [-0.4, -0.2) is 22.3 Å². The van der Waals surface area contributed by atoms with Crippen LogP contribution in [0.4, 0.5) is 0 Å². The minimum absolute atomic E-state index is 0.472. The van der Waals surface area contributed by atoms with E-state index in [9.17, 15) is 4.79 Å². The van der Waals surface area contributed by atoms with Crippen LogP contribution >= 0.6 is 0 Å². The Bertz CT molecular complexity index is 127. The Morgan fingerprint density at radius 2 is 1.90 bits per heavy atom. The van der Waals surface area contributed by atoms with Gasteiger partial charge in [0, 0.05) is 0 Å². The minimum atomic E-state index is -1.05. The predicted molar refractivity (Wildman–Crippen MR) is 35.8 cm³/mol. The lowest BCUT2D eigenvalue weighted by atomic mass is 9.87. The molecule has 0 aliphatic rings. The van der Waals surface area contributed by atoms with Crippen LogP contribution < -0.4 is 5.48 Å². The highest BCUT2D eigenvalue weighted by Crippen LogP contribution is 2.18. The van der Waals surface area contributed by atoms with E-state index in [1.165, 1.54) is 0 Å². The molecule has 1 unspecified atom stereocenters. The Morgan fingerprint density at radius 3 is 1.90 bits per heavy atom. The van der Waals surface area contributed by atoms with Gasteiger partial charge in [0.1, 0.15) is 6.04 Å². The van der Waals surface area contributed by atoms with Crippen LogP contribution in [-0.2, 0) is 4.79 Å². The molecule has 0 rings (SSSR count). The highest BCUT2D eigenvalue weighted by atomic mass is 16.5. The molecule has 0 heterocycles. The molecular formula is C6H13NO3. The molecular weight excluding hydrogens is 134 g/mol. The second-order valence-corrected chi connectivity index (χ2v) is 3.27. The molecule has 0 aliphatic heterocycles. The highest BCUT2D eigenvalue weighted by molar-refractivity contribution is 5.74. The Kier molecular flexibility index (Phi) is 2.80. The van der Waals surface area contributed by atoms with Crippen LogP contribution in [0.25, 0.3) is 0 Å². The largest absolute Gasteiger partial charge is 0.480 e. The van der Waals surface area contributed by atoms with E-state index >= 15 is 0 Å². The number of hydrogen-bond donors (Lipinski definition) is 3. The van der Waals surface area contributed by atoms with Gasteiger partial charge in [-0.2, -0.15) is 5.48 Å². The summed E-state index contributed by atoms with van der Waals surface area (Å²) in [6.07, 6.45) is 0. The van der Waals surface area contributed by atoms with Gasteiger partial charge in [0.05, 0.1) is 0 Å². The van der Waals surface area contributed by atoms with Crippen LogP contribution in [0.2, 0.25) is 0 Å². The van der Waals surface area contributed by atoms with E-state index in [1.54, 1.807) is 26.3 Å². The first-order valence-electron chi connectivity index (χ1n) is 3.02. The van der Waals surface area contributed by atoms with Gasteiger partial charge < -0.3 is 10.3 Å². The zero-order valence-corrected chi connectivity index (χ0v) is 6.38. The summed E-state index contributed by atoms with van der Waals surface area (Å²) in [7, 11) is 0. The zero-order valence-electron chi connectivity index (χ0n) is 6.38. The summed E-state index contributed by atoms with van der Waals surface area (Å²) in [4.78, 5) is 10.4. The van der Waals surface area contributed by atoms with Crippen molar-refractivity contribution in [3.8, 4) is 0 Å². The minimum Gasteiger partial charge on any atom is -0.480 e. The standard InChI is InChI=1S/C6H13NO3/c1-6(2,3)4(7-10)5(8)9/h4,7,10H,1-3H3,(H,8,9). The van der Waals surface area contributed by atoms with Gasteiger partial charge in [-0.15, -0.1) is 0 Å². The molecule has 4 nitrogen and oxygen atoms in total. The van der Waals surface area contributed by atoms with Crippen molar-refractivity contribution >= 4 is 5.97 Å². The van der Waals surface area contributed by atoms with Crippen LogP contribution in [0.1, 0.15) is 20.8 Å². The maximum absolute atomic E-state index is 10.4. The van der Waals surface area contributed by atoms with Gasteiger partial charge in [0.25, 0.3) is 0 Å². The summed E-state index contributed by atoms with van der Waals surface area (Å²) >= 11 is 0. The Balaban J connectivity index is 4.22. The molecule has 0 fully saturated rings. The number of carbonyl (C=O) groups is 1. The number of aliphatic carboxylic acids is 1. The first-order valence-corrected chi connectivity index (χ1v) is 3.02. The second kappa shape index (κ2) is 2.98. The second-order valence-electron chi connectivity index (χ2n) is 3.27. The molecule has 0 radical (unpaired) electrons. The van der Waals surface area contributed by atoms with Crippen LogP contribution in [0, 0.1) is 5.41 Å². The first-order chi connectivity index (χ1) is 4.39. The van der Waals surface area contributed by atoms with E-state index in [-0.39, 0.29) is 0 Å². The van der Waals surface area contributed by atoms with Crippen molar-refractivity contribution in [2.24, 2.45) is 5.41 Å². The van der Waals surface area contributed by atoms with Gasteiger partial charge in [0.2, 0.25) is 0 Å². The first kappa shape index (κ1) is 9.39. The van der Waals surface area contributed by atoms with Gasteiger partial charge in [-0.1, -0.05) is 20.8 Å². The van der Waals surface area contributed by atoms with Crippen molar-refractivity contribution < 1.29 is 15.1 Å². The van der Waals surface area contributed by atoms with Crippen LogP contribution in [0.5, 0.6) is 0 Å². The summed E-state index contributed by atoms with van der Waals surface area (Å²) < 4.78 is 0. The van der Waals surface area contributed by atoms with Gasteiger partial charge >= 0.3 is 5.97 Å². The molecule has 1 atom stereocenters. The third-order valence-electron chi connectivity index (χ3n) is 1.24. The lowest BCUT2D eigenvalue weighted by molar-refractivity contribution is -0.146. The molecule has 0 aromatic heterocycles. The Labute approximate surface area is 59.8 Å². The summed E-state index contributed by atoms with van der Waals surface area (Å²) in [5.41, 5.74) is 1.27. The van der Waals surface area contributed by atoms with Crippen molar-refractivity contribution in [1.82, 2.24) is 5.48 Å². The number of hydroxylamine groups is 1. The van der Waals surface area contributed by atoms with E-state index in [2.05, 4.69) is 0 Å². The normalized spacial score (nSPS) is 14.8. The molecule has 0 aromatic carbocycles. The molecule has 0 amide bonds. The average molecular weight is 147 g/mol. The maximum atomic E-state index is 10.4. The molecule has 0 aromatic rings. The summed E-state index contributed by atoms with van der Waals surface area (Å²) in [5, 5.41) is 16.9. The van der Waals surface area contributed by atoms with E-state index in [0.717, 1.165) is 0 Å². The molecule has 60 valence electrons. The summed E-state index contributed by atoms with van der Waals surface area (Å²) in [5.74, 6) is -1.05. The predicted octanol–water partition coefficient (Wildman–Crippen LogP) is 0.464. The van der Waals surface area contributed by atoms with Crippen molar-refractivity contribution in [2.45, 2.75) is 26.8 Å². The third-order valence-corrected chi connectivity index (χ3v) is 1.24. The third kappa shape index (κ3) is 2.33. The maximum Gasteiger partial charge on any atom is 0.323 e. The fourth-order valence-electron chi connectivity index (χ4n) is 0.619. The Hall–Kier alpha value is -0.610. The van der Waals surface area contributed by atoms with E-state index in [0.29, 0.717) is 0 Å². The summed E-state index contributed by atoms with van der Waals surface area (Å²) in [6.45, 7) is 5.19. The Morgan fingerprint density at radius 1 is 1.50 bits per heavy atom. The number of hydrogen-bond acceptors (Lipinski definition) is 3. The molecule has 0 bridgehead atoms. The van der Waals surface area contributed by atoms with Gasteiger partial charge in [-0.3, -0.25) is 4.79 Å². The fraction of sp³-hybridized carbons (Fsp3) is 0.833. The SMILES string of the molecule is CC(C)(C)C(NO)C(=O)O. The zero-order chi connectivity index (χ0) is 8.36. The lowest BCUT2D eigenvalue weighted by Gasteiger charge is -2.24. The molecule has 4 heteroatoms. The number of carboxylic acid groups (broad SMARTS) is 1. The van der Waals surface area contributed by atoms with E-state index in [1.807, 2.05) is 0 Å². The van der Waals surface area contributed by atoms with Crippen molar-refractivity contribution in [2.75, 3.05) is 0 Å². The van der Waals surface area contributed by atoms with E-state index in [4.69, 9.17) is 10.3 Å². The van der Waals surface area contributed by atoms with Crippen molar-refractivity contribution in [3.63, 3.8) is 0 Å². The molecule has 0 saturated carbocycles. The molecule has 0 spiro atoms. The molecule has 3 N–H and O–H groups in total. The molecule has 10 heavy (non-hydrogen) atoms. The fourth-order valence-corrected chi connectivity index (χ4v) is 0.619. The van der Waals surface area contributed by atoms with Crippen LogP contribution in [0.15, 0.2) is 0 Å². The molecule has 0 aliphatic carbocycles. The monoisotopic (exact) mass is 147 g/mol. The lowest BCUT2D eigenvalue weighted by Crippen LogP contribution is -2.44. The number of rotatable bonds is 2. The van der Waals surface area contributed by atoms with Gasteiger partial charge in [0.15, 0.2) is 0 Å². The number of nitrogens with one attached hydrogen (secondary N) is 1.